The second-order valence-electron chi connectivity index (χ2n) is 6.52. The highest BCUT2D eigenvalue weighted by atomic mass is 16.5. The lowest BCUT2D eigenvalue weighted by Crippen LogP contribution is -2.00. The van der Waals surface area contributed by atoms with Crippen LogP contribution in [-0.4, -0.2) is 17.7 Å². The van der Waals surface area contributed by atoms with Gasteiger partial charge in [-0.2, -0.15) is 10.5 Å². The summed E-state index contributed by atoms with van der Waals surface area (Å²) in [5.41, 5.74) is 4.65. The molecule has 5 nitrogen and oxygen atoms in total. The lowest BCUT2D eigenvalue weighted by atomic mass is 9.96. The Balaban J connectivity index is 1.81. The number of nitriles is 2. The van der Waals surface area contributed by atoms with Gasteiger partial charge in [0.25, 0.3) is 0 Å². The Hall–Kier alpha value is -4.35. The number of aliphatic carboxylic acids is 1. The van der Waals surface area contributed by atoms with Gasteiger partial charge >= 0.3 is 5.97 Å². The minimum absolute atomic E-state index is 0.0261. The number of hydrogen-bond acceptors (Lipinski definition) is 4. The van der Waals surface area contributed by atoms with Gasteiger partial charge in [0.05, 0.1) is 29.7 Å². The zero-order valence-electron chi connectivity index (χ0n) is 16.1. The molecule has 30 heavy (non-hydrogen) atoms. The third-order valence-electron chi connectivity index (χ3n) is 4.47. The molecule has 0 aliphatic heterocycles. The second-order valence-corrected chi connectivity index (χ2v) is 6.52. The average Bonchev–Trinajstić information content (AvgIpc) is 2.78. The molecule has 3 aromatic carbocycles. The van der Waals surface area contributed by atoms with Crippen LogP contribution < -0.4 is 4.74 Å². The first-order valence-corrected chi connectivity index (χ1v) is 9.24. The van der Waals surface area contributed by atoms with Crippen molar-refractivity contribution in [2.45, 2.75) is 6.42 Å². The van der Waals surface area contributed by atoms with Gasteiger partial charge in [-0.15, -0.1) is 0 Å². The highest BCUT2D eigenvalue weighted by Crippen LogP contribution is 2.24. The topological polar surface area (TPSA) is 94.1 Å². The largest absolute Gasteiger partial charge is 0.490 e. The lowest BCUT2D eigenvalue weighted by Gasteiger charge is -2.10. The molecular formula is C25H18N2O3. The molecule has 0 amide bonds. The molecule has 0 aromatic heterocycles. The minimum atomic E-state index is -0.874. The van der Waals surface area contributed by atoms with Gasteiger partial charge < -0.3 is 9.84 Å². The third-order valence-corrected chi connectivity index (χ3v) is 4.47. The summed E-state index contributed by atoms with van der Waals surface area (Å²) in [5.74, 6) is -0.236. The molecule has 0 aliphatic carbocycles. The van der Waals surface area contributed by atoms with E-state index in [-0.39, 0.29) is 6.42 Å². The predicted molar refractivity (Wildman–Crippen MR) is 113 cm³/mol. The van der Waals surface area contributed by atoms with Crippen LogP contribution in [0.2, 0.25) is 0 Å². The van der Waals surface area contributed by atoms with Crippen LogP contribution in [0.15, 0.2) is 78.9 Å². The summed E-state index contributed by atoms with van der Waals surface area (Å²) in [6, 6.07) is 25.7. The number of carboxylic acids is 1. The number of nitrogens with zero attached hydrogens (tertiary/aromatic N) is 2. The zero-order chi connectivity index (χ0) is 21.3. The SMILES string of the molecule is N#Cc1ccc(C(=CCOc2ccc(CC(=O)O)cc2)c2ccc(C#N)cc2)cc1. The number of hydrogen-bond donors (Lipinski definition) is 1. The van der Waals surface area contributed by atoms with E-state index in [1.165, 1.54) is 0 Å². The number of ether oxygens (including phenoxy) is 1. The molecule has 3 aromatic rings. The van der Waals surface area contributed by atoms with Crippen molar-refractivity contribution in [1.82, 2.24) is 0 Å². The molecule has 0 spiro atoms. The molecular weight excluding hydrogens is 376 g/mol. The van der Waals surface area contributed by atoms with E-state index in [1.54, 1.807) is 48.5 Å². The van der Waals surface area contributed by atoms with Crippen molar-refractivity contribution < 1.29 is 14.6 Å². The van der Waals surface area contributed by atoms with E-state index in [4.69, 9.17) is 20.4 Å². The van der Waals surface area contributed by atoms with Crippen molar-refractivity contribution in [3.63, 3.8) is 0 Å². The molecule has 0 unspecified atom stereocenters. The van der Waals surface area contributed by atoms with E-state index in [2.05, 4.69) is 12.1 Å². The maximum Gasteiger partial charge on any atom is 0.307 e. The Kier molecular flexibility index (Phi) is 6.61. The molecule has 146 valence electrons. The summed E-state index contributed by atoms with van der Waals surface area (Å²) < 4.78 is 5.80. The van der Waals surface area contributed by atoms with Crippen molar-refractivity contribution >= 4 is 11.5 Å². The van der Waals surface area contributed by atoms with E-state index >= 15 is 0 Å². The van der Waals surface area contributed by atoms with Crippen LogP contribution in [0.5, 0.6) is 5.75 Å². The first kappa shape index (κ1) is 20.4. The summed E-state index contributed by atoms with van der Waals surface area (Å²) >= 11 is 0. The van der Waals surface area contributed by atoms with E-state index in [0.717, 1.165) is 16.7 Å². The maximum atomic E-state index is 10.8. The van der Waals surface area contributed by atoms with Gasteiger partial charge in [-0.05, 0) is 64.7 Å². The Bertz CT molecular complexity index is 1070. The number of carbonyl (C=O) groups is 1. The highest BCUT2D eigenvalue weighted by molar-refractivity contribution is 5.80. The van der Waals surface area contributed by atoms with Crippen LogP contribution in [-0.2, 0) is 11.2 Å². The Labute approximate surface area is 174 Å². The van der Waals surface area contributed by atoms with E-state index in [1.807, 2.05) is 30.3 Å². The van der Waals surface area contributed by atoms with E-state index in [0.29, 0.717) is 29.0 Å². The Morgan fingerprint density at radius 2 is 1.33 bits per heavy atom. The van der Waals surface area contributed by atoms with Crippen LogP contribution >= 0.6 is 0 Å². The van der Waals surface area contributed by atoms with Gasteiger partial charge in [0.15, 0.2) is 0 Å². The second kappa shape index (κ2) is 9.73. The molecule has 3 rings (SSSR count). The van der Waals surface area contributed by atoms with Crippen molar-refractivity contribution in [3.8, 4) is 17.9 Å². The van der Waals surface area contributed by atoms with Crippen LogP contribution in [0.3, 0.4) is 0 Å². The van der Waals surface area contributed by atoms with Gasteiger partial charge in [0, 0.05) is 0 Å². The van der Waals surface area contributed by atoms with Crippen molar-refractivity contribution in [3.05, 3.63) is 107 Å². The summed E-state index contributed by atoms with van der Waals surface area (Å²) in [4.78, 5) is 10.8. The lowest BCUT2D eigenvalue weighted by molar-refractivity contribution is -0.136. The smallest absolute Gasteiger partial charge is 0.307 e. The van der Waals surface area contributed by atoms with Crippen molar-refractivity contribution in [2.75, 3.05) is 6.61 Å². The predicted octanol–water partition coefficient (Wildman–Crippen LogP) is 4.57. The number of carboxylic acid groups (broad SMARTS) is 1. The molecule has 5 heteroatoms. The first-order valence-electron chi connectivity index (χ1n) is 9.24. The van der Waals surface area contributed by atoms with Crippen LogP contribution in [0.1, 0.15) is 27.8 Å². The molecule has 1 N–H and O–H groups in total. The standard InChI is InChI=1S/C25H18N2O3/c26-16-19-1-7-21(8-2-19)24(22-9-3-20(17-27)4-10-22)13-14-30-23-11-5-18(6-12-23)15-25(28)29/h1-13H,14-15H2,(H,28,29). The van der Waals surface area contributed by atoms with Gasteiger partial charge in [-0.1, -0.05) is 36.4 Å². The summed E-state index contributed by atoms with van der Waals surface area (Å²) in [7, 11) is 0. The molecule has 0 aliphatic rings. The molecule has 0 atom stereocenters. The zero-order valence-corrected chi connectivity index (χ0v) is 16.1. The van der Waals surface area contributed by atoms with E-state index in [9.17, 15) is 4.79 Å². The van der Waals surface area contributed by atoms with Crippen LogP contribution in [0.4, 0.5) is 0 Å². The minimum Gasteiger partial charge on any atom is -0.490 e. The molecule has 0 fully saturated rings. The first-order chi connectivity index (χ1) is 14.6. The van der Waals surface area contributed by atoms with E-state index < -0.39 is 5.97 Å². The number of benzene rings is 3. The summed E-state index contributed by atoms with van der Waals surface area (Å²) in [5, 5.41) is 26.9. The molecule has 0 radical (unpaired) electrons. The fourth-order valence-electron chi connectivity index (χ4n) is 2.95. The molecule has 0 saturated heterocycles. The summed E-state index contributed by atoms with van der Waals surface area (Å²) in [6.45, 7) is 0.299. The Morgan fingerprint density at radius 1 is 0.833 bits per heavy atom. The maximum absolute atomic E-state index is 10.8. The van der Waals surface area contributed by atoms with Gasteiger partial charge in [-0.25, -0.2) is 0 Å². The van der Waals surface area contributed by atoms with Gasteiger partial charge in [0.2, 0.25) is 0 Å². The Morgan fingerprint density at radius 3 is 1.77 bits per heavy atom. The highest BCUT2D eigenvalue weighted by Gasteiger charge is 2.07. The molecule has 0 heterocycles. The molecule has 0 bridgehead atoms. The molecule has 0 saturated carbocycles. The van der Waals surface area contributed by atoms with Gasteiger partial charge in [0.1, 0.15) is 12.4 Å². The average molecular weight is 394 g/mol. The fraction of sp³-hybridized carbons (Fsp3) is 0.0800. The van der Waals surface area contributed by atoms with Crippen LogP contribution in [0.25, 0.3) is 5.57 Å². The normalized spacial score (nSPS) is 9.80. The van der Waals surface area contributed by atoms with Crippen molar-refractivity contribution in [2.24, 2.45) is 0 Å². The third kappa shape index (κ3) is 5.34. The van der Waals surface area contributed by atoms with Crippen LogP contribution in [0, 0.1) is 22.7 Å². The quantitative estimate of drug-likeness (QED) is 0.633. The monoisotopic (exact) mass is 394 g/mol. The van der Waals surface area contributed by atoms with Crippen molar-refractivity contribution in [1.29, 1.82) is 10.5 Å². The van der Waals surface area contributed by atoms with Gasteiger partial charge in [-0.3, -0.25) is 4.79 Å². The number of rotatable bonds is 7. The fourth-order valence-corrected chi connectivity index (χ4v) is 2.95. The summed E-state index contributed by atoms with van der Waals surface area (Å²) in [6.07, 6.45) is 1.91.